The Bertz CT molecular complexity index is 1940. The number of hydrogen-bond donors (Lipinski definition) is 3. The van der Waals surface area contributed by atoms with Gasteiger partial charge in [0.1, 0.15) is 23.9 Å². The van der Waals surface area contributed by atoms with Crippen molar-refractivity contribution < 1.29 is 45.0 Å². The molecule has 3 aliphatic rings. The van der Waals surface area contributed by atoms with Crippen molar-refractivity contribution >= 4 is 11.6 Å². The van der Waals surface area contributed by atoms with Gasteiger partial charge in [-0.05, 0) is 63.5 Å². The first-order valence-corrected chi connectivity index (χ1v) is 15.4. The summed E-state index contributed by atoms with van der Waals surface area (Å²) in [6.07, 6.45) is -8.64. The number of amides is 2. The van der Waals surface area contributed by atoms with Crippen molar-refractivity contribution in [3.05, 3.63) is 98.9 Å². The largest absolute Gasteiger partial charge is 0.416 e. The lowest BCUT2D eigenvalue weighted by molar-refractivity contribution is -0.143. The number of urea groups is 1. The fourth-order valence-corrected chi connectivity index (χ4v) is 7.37. The molecule has 7 nitrogen and oxygen atoms in total. The summed E-state index contributed by atoms with van der Waals surface area (Å²) in [5, 5.41) is 18.5. The Kier molecular flexibility index (Phi) is 7.87. The third kappa shape index (κ3) is 5.15. The number of benzene rings is 2. The average Bonchev–Trinajstić information content (AvgIpc) is 3.49. The maximum Gasteiger partial charge on any atom is 0.416 e. The van der Waals surface area contributed by atoms with Crippen LogP contribution in [0.3, 0.4) is 0 Å². The summed E-state index contributed by atoms with van der Waals surface area (Å²) in [5.41, 5.74) is -5.54. The number of fused-ring (bicyclic) bond motifs is 8. The van der Waals surface area contributed by atoms with Gasteiger partial charge in [0.05, 0.1) is 39.2 Å². The first kappa shape index (κ1) is 34.6. The zero-order valence-electron chi connectivity index (χ0n) is 27.1. The summed E-state index contributed by atoms with van der Waals surface area (Å²) in [6, 6.07) is 5.72. The summed E-state index contributed by atoms with van der Waals surface area (Å²) in [5.74, 6) is -1.69. The fourth-order valence-electron chi connectivity index (χ4n) is 7.37. The third-order valence-corrected chi connectivity index (χ3v) is 9.94. The van der Waals surface area contributed by atoms with Crippen LogP contribution in [0, 0.1) is 0 Å². The van der Waals surface area contributed by atoms with Gasteiger partial charge in [-0.1, -0.05) is 31.2 Å². The lowest BCUT2D eigenvalue weighted by Crippen LogP contribution is -2.53. The lowest BCUT2D eigenvalue weighted by Gasteiger charge is -2.44. The number of carbonyl (C=O) groups is 1. The van der Waals surface area contributed by atoms with E-state index in [1.807, 2.05) is 13.0 Å². The van der Waals surface area contributed by atoms with Crippen LogP contribution in [0.2, 0.25) is 0 Å². The van der Waals surface area contributed by atoms with Gasteiger partial charge in [-0.25, -0.2) is 18.3 Å². The molecule has 2 amide bonds. The van der Waals surface area contributed by atoms with E-state index >= 15 is 8.78 Å². The Labute approximate surface area is 276 Å². The smallest absolute Gasteiger partial charge is 0.376 e. The molecule has 2 aromatic carbocycles. The van der Waals surface area contributed by atoms with Gasteiger partial charge in [-0.15, -0.1) is 0 Å². The second kappa shape index (κ2) is 11.1. The minimum Gasteiger partial charge on any atom is -0.376 e. The van der Waals surface area contributed by atoms with Gasteiger partial charge in [-0.3, -0.25) is 4.90 Å². The number of nitrogens with zero attached hydrogens (tertiary/aromatic N) is 3. The Morgan fingerprint density at radius 2 is 1.69 bits per heavy atom. The monoisotopic (exact) mass is 695 g/mol. The molecule has 1 aromatic heterocycles. The number of halogens is 8. The van der Waals surface area contributed by atoms with E-state index in [4.69, 9.17) is 10.2 Å². The van der Waals surface area contributed by atoms with E-state index in [-0.39, 0.29) is 29.4 Å². The zero-order chi connectivity index (χ0) is 36.1. The van der Waals surface area contributed by atoms with Crippen LogP contribution in [0.4, 0.5) is 39.9 Å². The van der Waals surface area contributed by atoms with Gasteiger partial charge in [0, 0.05) is 29.8 Å². The van der Waals surface area contributed by atoms with Crippen LogP contribution in [0.15, 0.2) is 54.1 Å². The van der Waals surface area contributed by atoms with E-state index in [1.165, 1.54) is 13.8 Å². The van der Waals surface area contributed by atoms with E-state index in [1.54, 1.807) is 35.6 Å². The molecule has 2 aliphatic heterocycles. The number of allylic oxidation sites excluding steroid dienone is 2. The van der Waals surface area contributed by atoms with Crippen LogP contribution in [0.5, 0.6) is 0 Å². The number of hydrogen-bond acceptors (Lipinski definition) is 4. The molecule has 0 bridgehead atoms. The van der Waals surface area contributed by atoms with Crippen molar-refractivity contribution in [1.82, 2.24) is 25.3 Å². The minimum atomic E-state index is -5.08. The summed E-state index contributed by atoms with van der Waals surface area (Å²) in [4.78, 5) is 14.0. The van der Waals surface area contributed by atoms with Crippen LogP contribution in [-0.2, 0) is 42.8 Å². The van der Waals surface area contributed by atoms with Crippen LogP contribution in [0.25, 0.3) is 11.3 Å². The molecule has 0 spiro atoms. The number of aryl methyl sites for hydroxylation is 1. The highest BCUT2D eigenvalue weighted by molar-refractivity contribution is 5.90. The Hall–Kier alpha value is -4.24. The molecule has 6 rings (SSSR count). The molecule has 2 unspecified atom stereocenters. The van der Waals surface area contributed by atoms with Gasteiger partial charge in [0.2, 0.25) is 0 Å². The van der Waals surface area contributed by atoms with Crippen molar-refractivity contribution in [3.63, 3.8) is 0 Å². The van der Waals surface area contributed by atoms with Crippen molar-refractivity contribution in [2.45, 2.75) is 83.0 Å². The van der Waals surface area contributed by atoms with Gasteiger partial charge < -0.3 is 15.7 Å². The second-order valence-corrected chi connectivity index (χ2v) is 13.3. The molecule has 3 N–H and O–H groups in total. The number of nitrogens with one attached hydrogen (secondary N) is 2. The second-order valence-electron chi connectivity index (χ2n) is 13.3. The summed E-state index contributed by atoms with van der Waals surface area (Å²) < 4.78 is 118. The normalized spacial score (nSPS) is 23.0. The maximum absolute atomic E-state index is 17.0. The minimum absolute atomic E-state index is 0.0712. The van der Waals surface area contributed by atoms with Crippen LogP contribution in [0.1, 0.15) is 79.4 Å². The number of carbonyl (C=O) groups excluding carboxylic acids is 1. The first-order chi connectivity index (χ1) is 22.7. The maximum atomic E-state index is 17.0. The van der Waals surface area contributed by atoms with Gasteiger partial charge in [0.25, 0.3) is 0 Å². The number of rotatable bonds is 5. The van der Waals surface area contributed by atoms with Gasteiger partial charge in [0.15, 0.2) is 0 Å². The highest BCUT2D eigenvalue weighted by atomic mass is 19.4. The molecule has 262 valence electrons. The molecular weight excluding hydrogens is 662 g/mol. The predicted molar refractivity (Wildman–Crippen MR) is 163 cm³/mol. The summed E-state index contributed by atoms with van der Waals surface area (Å²) in [7, 11) is 0. The average molecular weight is 696 g/mol. The molecule has 0 radical (unpaired) electrons. The van der Waals surface area contributed by atoms with Crippen LogP contribution in [-0.4, -0.2) is 38.1 Å². The van der Waals surface area contributed by atoms with Crippen molar-refractivity contribution in [2.75, 3.05) is 6.73 Å². The molecule has 1 aliphatic carbocycles. The molecule has 3 aromatic rings. The van der Waals surface area contributed by atoms with E-state index in [0.29, 0.717) is 35.0 Å². The number of alkyl halides is 6. The topological polar surface area (TPSA) is 82.4 Å². The molecule has 49 heavy (non-hydrogen) atoms. The van der Waals surface area contributed by atoms with E-state index in [9.17, 15) is 31.1 Å². The molecule has 0 fully saturated rings. The molecule has 3 heterocycles. The molecule has 0 saturated heterocycles. The molecule has 15 heteroatoms. The predicted octanol–water partition coefficient (Wildman–Crippen LogP) is 7.55. The SMILES string of the molecule is CCc1cccc2c1-n1nc3c(c1C1(C)C(F)=CC(C)(NC(=O)NCO)C(F)=C21)CN(Cc1ccc(C(F)(F)F)cc1C(F)(F)F)C3(C)C. The van der Waals surface area contributed by atoms with Gasteiger partial charge >= 0.3 is 18.4 Å². The summed E-state index contributed by atoms with van der Waals surface area (Å²) >= 11 is 0. The Morgan fingerprint density at radius 3 is 2.31 bits per heavy atom. The van der Waals surface area contributed by atoms with E-state index < -0.39 is 70.9 Å². The Morgan fingerprint density at radius 1 is 1.00 bits per heavy atom. The van der Waals surface area contributed by atoms with Crippen molar-refractivity contribution in [1.29, 1.82) is 0 Å². The fraction of sp³-hybridized carbons (Fsp3) is 0.412. The van der Waals surface area contributed by atoms with E-state index in [2.05, 4.69) is 10.6 Å². The Balaban J connectivity index is 1.53. The molecular formula is C34H33F8N5O2. The van der Waals surface area contributed by atoms with Crippen molar-refractivity contribution in [3.8, 4) is 5.69 Å². The van der Waals surface area contributed by atoms with E-state index in [0.717, 1.165) is 17.7 Å². The lowest BCUT2D eigenvalue weighted by atomic mass is 9.65. The standard InChI is InChI=1S/C34H33F8N5O2/c1-6-17-8-7-9-20-24-26(36)31(4,44-29(49)43-16-48)13-23(35)32(24,5)28-21-15-46(30(2,3)27(21)45-47(28)25(17)20)14-18-10-11-19(33(37,38)39)12-22(18)34(40,41)42/h7-13,48H,6,14-16H2,1-5H3,(H2,43,44,49). The highest BCUT2D eigenvalue weighted by Crippen LogP contribution is 2.59. The van der Waals surface area contributed by atoms with Crippen LogP contribution >= 0.6 is 0 Å². The number of aliphatic hydroxyl groups excluding tert-OH is 1. The number of para-hydroxylation sites is 1. The first-order valence-electron chi connectivity index (χ1n) is 15.4. The molecule has 0 saturated carbocycles. The summed E-state index contributed by atoms with van der Waals surface area (Å²) in [6.45, 7) is 6.80. The number of aromatic nitrogens is 2. The third-order valence-electron chi connectivity index (χ3n) is 9.94. The van der Waals surface area contributed by atoms with Gasteiger partial charge in [-0.2, -0.15) is 31.4 Å². The highest BCUT2D eigenvalue weighted by Gasteiger charge is 2.57. The quantitative estimate of drug-likeness (QED) is 0.190. The molecule has 2 atom stereocenters. The zero-order valence-corrected chi connectivity index (χ0v) is 27.1. The van der Waals surface area contributed by atoms with Crippen LogP contribution < -0.4 is 10.6 Å². The van der Waals surface area contributed by atoms with Crippen molar-refractivity contribution in [2.24, 2.45) is 0 Å². The number of aliphatic hydroxyl groups is 1.